The molecule has 0 fully saturated rings. The van der Waals surface area contributed by atoms with Crippen molar-refractivity contribution in [3.05, 3.63) is 29.6 Å². The molecule has 0 atom stereocenters. The van der Waals surface area contributed by atoms with Gasteiger partial charge in [0.2, 0.25) is 10.0 Å². The number of halogens is 1. The molecule has 0 heterocycles. The molecule has 2 N–H and O–H groups in total. The van der Waals surface area contributed by atoms with Gasteiger partial charge in [-0.2, -0.15) is 0 Å². The van der Waals surface area contributed by atoms with E-state index in [1.54, 1.807) is 0 Å². The van der Waals surface area contributed by atoms with E-state index >= 15 is 0 Å². The summed E-state index contributed by atoms with van der Waals surface area (Å²) in [7, 11) is -2.73. The zero-order valence-corrected chi connectivity index (χ0v) is 10.3. The molecule has 0 saturated heterocycles. The smallest absolute Gasteiger partial charge is 0.317 e. The van der Waals surface area contributed by atoms with E-state index in [4.69, 9.17) is 5.14 Å². The summed E-state index contributed by atoms with van der Waals surface area (Å²) >= 11 is 0. The maximum absolute atomic E-state index is 13.4. The highest BCUT2D eigenvalue weighted by molar-refractivity contribution is 7.89. The van der Waals surface area contributed by atoms with Gasteiger partial charge in [-0.15, -0.1) is 0 Å². The average molecular weight is 271 g/mol. The van der Waals surface area contributed by atoms with Gasteiger partial charge in [-0.25, -0.2) is 17.9 Å². The number of primary sulfonamides is 1. The van der Waals surface area contributed by atoms with Crippen molar-refractivity contribution in [3.8, 4) is 11.8 Å². The third-order valence-corrected chi connectivity index (χ3v) is 2.86. The first kappa shape index (κ1) is 14.2. The second kappa shape index (κ2) is 5.62. The third-order valence-electron chi connectivity index (χ3n) is 1.95. The fourth-order valence-corrected chi connectivity index (χ4v) is 1.58. The molecular formula is C11H10FNO4S. The number of rotatable bonds is 2. The topological polar surface area (TPSA) is 86.5 Å². The molecule has 0 aliphatic heterocycles. The Kier molecular flexibility index (Phi) is 4.42. The van der Waals surface area contributed by atoms with Crippen molar-refractivity contribution in [1.29, 1.82) is 0 Å². The number of methoxy groups -OCH3 is 1. The van der Waals surface area contributed by atoms with E-state index in [9.17, 15) is 17.6 Å². The van der Waals surface area contributed by atoms with Crippen LogP contribution in [-0.2, 0) is 19.6 Å². The van der Waals surface area contributed by atoms with Crippen LogP contribution in [0.5, 0.6) is 0 Å². The number of hydrogen-bond donors (Lipinski definition) is 1. The van der Waals surface area contributed by atoms with Crippen molar-refractivity contribution in [3.63, 3.8) is 0 Å². The Morgan fingerprint density at radius 2 is 2.17 bits per heavy atom. The van der Waals surface area contributed by atoms with Crippen LogP contribution in [0.3, 0.4) is 0 Å². The number of esters is 1. The van der Waals surface area contributed by atoms with Crippen LogP contribution in [0.1, 0.15) is 12.0 Å². The summed E-state index contributed by atoms with van der Waals surface area (Å²) in [5.41, 5.74) is -0.0219. The molecule has 0 aromatic heterocycles. The van der Waals surface area contributed by atoms with Gasteiger partial charge in [0.1, 0.15) is 12.2 Å². The maximum atomic E-state index is 13.4. The molecule has 7 heteroatoms. The van der Waals surface area contributed by atoms with Crippen LogP contribution < -0.4 is 5.14 Å². The molecule has 96 valence electrons. The largest absolute Gasteiger partial charge is 0.468 e. The summed E-state index contributed by atoms with van der Waals surface area (Å²) in [5.74, 6) is 3.44. The summed E-state index contributed by atoms with van der Waals surface area (Å²) in [6.07, 6.45) is -0.174. The lowest BCUT2D eigenvalue weighted by Crippen LogP contribution is -2.12. The van der Waals surface area contributed by atoms with Gasteiger partial charge in [0.25, 0.3) is 0 Å². The van der Waals surface area contributed by atoms with Gasteiger partial charge in [0.05, 0.1) is 17.6 Å². The normalized spacial score (nSPS) is 10.4. The van der Waals surface area contributed by atoms with Crippen molar-refractivity contribution in [1.82, 2.24) is 0 Å². The van der Waals surface area contributed by atoms with Crippen molar-refractivity contribution in [2.45, 2.75) is 11.3 Å². The standard InChI is InChI=1S/C11H10FNO4S/c1-17-11(14)4-2-3-8-5-6-9(7-10(8)12)18(13,15)16/h5-7H,4H2,1H3,(H2,13,15,16). The molecule has 1 aromatic rings. The third kappa shape index (κ3) is 3.84. The van der Waals surface area contributed by atoms with Crippen molar-refractivity contribution < 1.29 is 22.3 Å². The number of ether oxygens (including phenoxy) is 1. The average Bonchev–Trinajstić information content (AvgIpc) is 2.29. The highest BCUT2D eigenvalue weighted by Crippen LogP contribution is 2.12. The van der Waals surface area contributed by atoms with E-state index < -0.39 is 21.8 Å². The summed E-state index contributed by atoms with van der Waals surface area (Å²) in [6, 6.07) is 3.09. The van der Waals surface area contributed by atoms with E-state index in [1.807, 2.05) is 0 Å². The van der Waals surface area contributed by atoms with Gasteiger partial charge in [0.15, 0.2) is 0 Å². The van der Waals surface area contributed by atoms with Gasteiger partial charge in [-0.3, -0.25) is 4.79 Å². The Morgan fingerprint density at radius 3 is 2.67 bits per heavy atom. The van der Waals surface area contributed by atoms with E-state index in [0.717, 1.165) is 12.1 Å². The zero-order chi connectivity index (χ0) is 13.8. The van der Waals surface area contributed by atoms with Crippen molar-refractivity contribution in [2.24, 2.45) is 5.14 Å². The molecule has 1 aromatic carbocycles. The lowest BCUT2D eigenvalue weighted by atomic mass is 10.2. The van der Waals surface area contributed by atoms with Crippen LogP contribution in [0.25, 0.3) is 0 Å². The van der Waals surface area contributed by atoms with Crippen molar-refractivity contribution >= 4 is 16.0 Å². The molecule has 0 aliphatic carbocycles. The van der Waals surface area contributed by atoms with Crippen LogP contribution in [0.2, 0.25) is 0 Å². The van der Waals surface area contributed by atoms with Crippen LogP contribution >= 0.6 is 0 Å². The molecule has 0 spiro atoms. The first-order valence-electron chi connectivity index (χ1n) is 4.72. The highest BCUT2D eigenvalue weighted by atomic mass is 32.2. The van der Waals surface area contributed by atoms with Gasteiger partial charge in [-0.05, 0) is 18.2 Å². The van der Waals surface area contributed by atoms with Crippen LogP contribution in [0.4, 0.5) is 4.39 Å². The Hall–Kier alpha value is -1.91. The molecule has 0 unspecified atom stereocenters. The maximum Gasteiger partial charge on any atom is 0.317 e. The second-order valence-electron chi connectivity index (χ2n) is 3.24. The number of carbonyl (C=O) groups excluding carboxylic acids is 1. The fourth-order valence-electron chi connectivity index (χ4n) is 1.06. The minimum Gasteiger partial charge on any atom is -0.468 e. The molecule has 0 saturated carbocycles. The van der Waals surface area contributed by atoms with Crippen molar-refractivity contribution in [2.75, 3.05) is 7.11 Å². The summed E-state index contributed by atoms with van der Waals surface area (Å²) < 4.78 is 39.7. The first-order valence-corrected chi connectivity index (χ1v) is 6.27. The van der Waals surface area contributed by atoms with Crippen LogP contribution in [0, 0.1) is 17.7 Å². The predicted molar refractivity (Wildman–Crippen MR) is 61.3 cm³/mol. The molecule has 0 bridgehead atoms. The number of sulfonamides is 1. The summed E-state index contributed by atoms with van der Waals surface area (Å²) in [6.45, 7) is 0. The number of nitrogens with two attached hydrogens (primary N) is 1. The Labute approximate surface area is 104 Å². The minimum absolute atomic E-state index is 0.0219. The van der Waals surface area contributed by atoms with Gasteiger partial charge >= 0.3 is 5.97 Å². The first-order chi connectivity index (χ1) is 8.34. The van der Waals surface area contributed by atoms with E-state index in [1.165, 1.54) is 13.2 Å². The number of hydrogen-bond acceptors (Lipinski definition) is 4. The minimum atomic E-state index is -3.94. The van der Waals surface area contributed by atoms with E-state index in [-0.39, 0.29) is 16.9 Å². The second-order valence-corrected chi connectivity index (χ2v) is 4.80. The molecular weight excluding hydrogens is 261 g/mol. The lowest BCUT2D eigenvalue weighted by Gasteiger charge is -1.99. The summed E-state index contributed by atoms with van der Waals surface area (Å²) in [5, 5.41) is 4.84. The fraction of sp³-hybridized carbons (Fsp3) is 0.182. The molecule has 1 rings (SSSR count). The predicted octanol–water partition coefficient (Wildman–Crippen LogP) is 0.388. The molecule has 5 nitrogen and oxygen atoms in total. The zero-order valence-electron chi connectivity index (χ0n) is 9.44. The lowest BCUT2D eigenvalue weighted by molar-refractivity contribution is -0.139. The Balaban J connectivity index is 2.97. The highest BCUT2D eigenvalue weighted by Gasteiger charge is 2.10. The van der Waals surface area contributed by atoms with Crippen LogP contribution in [-0.4, -0.2) is 21.5 Å². The number of carbonyl (C=O) groups is 1. The SMILES string of the molecule is COC(=O)CC#Cc1ccc(S(N)(=O)=O)cc1F. The van der Waals surface area contributed by atoms with Crippen LogP contribution in [0.15, 0.2) is 23.1 Å². The number of benzene rings is 1. The Bertz CT molecular complexity index is 628. The van der Waals surface area contributed by atoms with E-state index in [0.29, 0.717) is 0 Å². The molecule has 0 amide bonds. The Morgan fingerprint density at radius 1 is 1.50 bits per heavy atom. The molecule has 0 aliphatic rings. The molecule has 0 radical (unpaired) electrons. The van der Waals surface area contributed by atoms with E-state index in [2.05, 4.69) is 16.6 Å². The summed E-state index contributed by atoms with van der Waals surface area (Å²) in [4.78, 5) is 10.4. The molecule has 18 heavy (non-hydrogen) atoms. The van der Waals surface area contributed by atoms with Gasteiger partial charge < -0.3 is 4.74 Å². The van der Waals surface area contributed by atoms with Gasteiger partial charge in [0, 0.05) is 0 Å². The quantitative estimate of drug-likeness (QED) is 0.622. The van der Waals surface area contributed by atoms with Gasteiger partial charge in [-0.1, -0.05) is 11.8 Å². The monoisotopic (exact) mass is 271 g/mol.